The number of nitrogens with zero attached hydrogens (tertiary/aromatic N) is 4. The van der Waals surface area contributed by atoms with E-state index in [0.717, 1.165) is 50.3 Å². The first-order chi connectivity index (χ1) is 11.0. The fourth-order valence-corrected chi connectivity index (χ4v) is 4.58. The predicted octanol–water partition coefficient (Wildman–Crippen LogP) is 2.02. The molecule has 0 unspecified atom stereocenters. The molecule has 23 heavy (non-hydrogen) atoms. The van der Waals surface area contributed by atoms with Crippen molar-refractivity contribution in [1.82, 2.24) is 23.8 Å². The molecule has 2 rings (SSSR count). The minimum atomic E-state index is -3.51. The van der Waals surface area contributed by atoms with Crippen LogP contribution in [-0.2, 0) is 23.2 Å². The maximum Gasteiger partial charge on any atom is 0.280 e. The van der Waals surface area contributed by atoms with Crippen LogP contribution in [0.5, 0.6) is 0 Å². The van der Waals surface area contributed by atoms with Gasteiger partial charge in [-0.25, -0.2) is 0 Å². The molecule has 1 aliphatic rings. The third kappa shape index (κ3) is 4.51. The van der Waals surface area contributed by atoms with Gasteiger partial charge in [0.1, 0.15) is 5.82 Å². The minimum Gasteiger partial charge on any atom is -0.314 e. The summed E-state index contributed by atoms with van der Waals surface area (Å²) in [5, 5.41) is 8.49. The van der Waals surface area contributed by atoms with Crippen molar-refractivity contribution >= 4 is 10.2 Å². The van der Waals surface area contributed by atoms with E-state index in [1.807, 2.05) is 20.8 Å². The average Bonchev–Trinajstić information content (AvgIpc) is 2.76. The first kappa shape index (κ1) is 18.4. The molecule has 1 atom stereocenters. The van der Waals surface area contributed by atoms with Crippen LogP contribution in [0, 0.1) is 0 Å². The molecule has 0 spiro atoms. The zero-order valence-corrected chi connectivity index (χ0v) is 15.3. The standard InChI is InChI=1S/C15H29N5O2S/c1-4-10-19(11-5-2)23(21,22)18-13(3)15-17-16-14-9-7-6-8-12-20(14)15/h13,18H,4-12H2,1-3H3/t13-/m1/s1. The van der Waals surface area contributed by atoms with Crippen molar-refractivity contribution in [3.63, 3.8) is 0 Å². The number of hydrogen-bond acceptors (Lipinski definition) is 4. The Kier molecular flexibility index (Phi) is 6.55. The van der Waals surface area contributed by atoms with Crippen molar-refractivity contribution in [2.24, 2.45) is 0 Å². The third-order valence-electron chi connectivity index (χ3n) is 4.14. The molecule has 0 aromatic carbocycles. The Morgan fingerprint density at radius 1 is 1.17 bits per heavy atom. The summed E-state index contributed by atoms with van der Waals surface area (Å²) in [6.45, 7) is 7.76. The Morgan fingerprint density at radius 3 is 2.52 bits per heavy atom. The number of aromatic nitrogens is 3. The summed E-state index contributed by atoms with van der Waals surface area (Å²) in [5.41, 5.74) is 0. The molecule has 1 aromatic heterocycles. The largest absolute Gasteiger partial charge is 0.314 e. The van der Waals surface area contributed by atoms with Gasteiger partial charge in [-0.1, -0.05) is 20.3 Å². The van der Waals surface area contributed by atoms with E-state index in [1.54, 1.807) is 0 Å². The molecule has 0 amide bonds. The van der Waals surface area contributed by atoms with Crippen LogP contribution in [0.15, 0.2) is 0 Å². The number of aryl methyl sites for hydroxylation is 1. The molecule has 0 aliphatic carbocycles. The fourth-order valence-electron chi connectivity index (χ4n) is 3.03. The quantitative estimate of drug-likeness (QED) is 0.783. The van der Waals surface area contributed by atoms with E-state index < -0.39 is 10.2 Å². The second kappa shape index (κ2) is 8.21. The SMILES string of the molecule is CCCN(CCC)S(=O)(=O)N[C@H](C)c1nnc2n1CCCCC2. The van der Waals surface area contributed by atoms with Crippen LogP contribution in [0.4, 0.5) is 0 Å². The lowest BCUT2D eigenvalue weighted by molar-refractivity contribution is 0.395. The van der Waals surface area contributed by atoms with E-state index in [2.05, 4.69) is 19.5 Å². The maximum atomic E-state index is 12.6. The van der Waals surface area contributed by atoms with Crippen LogP contribution in [-0.4, -0.2) is 40.6 Å². The second-order valence-corrected chi connectivity index (χ2v) is 7.88. The lowest BCUT2D eigenvalue weighted by Crippen LogP contribution is -2.43. The highest BCUT2D eigenvalue weighted by Crippen LogP contribution is 2.19. The summed E-state index contributed by atoms with van der Waals surface area (Å²) in [4.78, 5) is 0. The Bertz CT molecular complexity index is 593. The lowest BCUT2D eigenvalue weighted by Gasteiger charge is -2.24. The first-order valence-electron chi connectivity index (χ1n) is 8.69. The molecule has 1 aromatic rings. The van der Waals surface area contributed by atoms with Gasteiger partial charge in [0, 0.05) is 26.1 Å². The molecule has 0 saturated carbocycles. The van der Waals surface area contributed by atoms with Gasteiger partial charge >= 0.3 is 0 Å². The van der Waals surface area contributed by atoms with Crippen LogP contribution >= 0.6 is 0 Å². The number of rotatable bonds is 8. The van der Waals surface area contributed by atoms with Crippen LogP contribution in [0.3, 0.4) is 0 Å². The van der Waals surface area contributed by atoms with Gasteiger partial charge in [0.05, 0.1) is 6.04 Å². The van der Waals surface area contributed by atoms with Gasteiger partial charge in [0.15, 0.2) is 5.82 Å². The summed E-state index contributed by atoms with van der Waals surface area (Å²) in [6, 6.07) is -0.379. The molecule has 0 bridgehead atoms. The molecule has 0 radical (unpaired) electrons. The van der Waals surface area contributed by atoms with Gasteiger partial charge in [-0.2, -0.15) is 17.4 Å². The lowest BCUT2D eigenvalue weighted by atomic mass is 10.2. The van der Waals surface area contributed by atoms with Crippen molar-refractivity contribution in [2.75, 3.05) is 13.1 Å². The van der Waals surface area contributed by atoms with Crippen LogP contribution < -0.4 is 4.72 Å². The first-order valence-corrected chi connectivity index (χ1v) is 10.1. The Balaban J connectivity index is 2.14. The summed E-state index contributed by atoms with van der Waals surface area (Å²) >= 11 is 0. The zero-order valence-electron chi connectivity index (χ0n) is 14.5. The van der Waals surface area contributed by atoms with Crippen molar-refractivity contribution in [2.45, 2.75) is 71.9 Å². The third-order valence-corrected chi connectivity index (χ3v) is 5.83. The van der Waals surface area contributed by atoms with Gasteiger partial charge < -0.3 is 4.57 Å². The predicted molar refractivity (Wildman–Crippen MR) is 90.2 cm³/mol. The van der Waals surface area contributed by atoms with Crippen LogP contribution in [0.1, 0.15) is 70.6 Å². The highest BCUT2D eigenvalue weighted by Gasteiger charge is 2.26. The molecule has 8 heteroatoms. The average molecular weight is 343 g/mol. The Morgan fingerprint density at radius 2 is 1.87 bits per heavy atom. The van der Waals surface area contributed by atoms with E-state index in [1.165, 1.54) is 10.7 Å². The van der Waals surface area contributed by atoms with E-state index in [4.69, 9.17) is 0 Å². The van der Waals surface area contributed by atoms with Crippen molar-refractivity contribution in [1.29, 1.82) is 0 Å². The van der Waals surface area contributed by atoms with E-state index >= 15 is 0 Å². The molecule has 7 nitrogen and oxygen atoms in total. The number of hydrogen-bond donors (Lipinski definition) is 1. The molecule has 2 heterocycles. The monoisotopic (exact) mass is 343 g/mol. The fraction of sp³-hybridized carbons (Fsp3) is 0.867. The van der Waals surface area contributed by atoms with E-state index in [0.29, 0.717) is 13.1 Å². The summed E-state index contributed by atoms with van der Waals surface area (Å²) in [5.74, 6) is 1.70. The van der Waals surface area contributed by atoms with Crippen molar-refractivity contribution < 1.29 is 8.42 Å². The topological polar surface area (TPSA) is 80.1 Å². The smallest absolute Gasteiger partial charge is 0.280 e. The second-order valence-electron chi connectivity index (χ2n) is 6.18. The van der Waals surface area contributed by atoms with Gasteiger partial charge in [-0.3, -0.25) is 0 Å². The molecular formula is C15H29N5O2S. The van der Waals surface area contributed by atoms with Crippen LogP contribution in [0.25, 0.3) is 0 Å². The molecule has 0 fully saturated rings. The van der Waals surface area contributed by atoms with E-state index in [9.17, 15) is 8.42 Å². The summed E-state index contributed by atoms with van der Waals surface area (Å²) in [7, 11) is -3.51. The van der Waals surface area contributed by atoms with Gasteiger partial charge in [-0.05, 0) is 32.6 Å². The van der Waals surface area contributed by atoms with E-state index in [-0.39, 0.29) is 6.04 Å². The number of nitrogens with one attached hydrogen (secondary N) is 1. The minimum absolute atomic E-state index is 0.379. The summed E-state index contributed by atoms with van der Waals surface area (Å²) < 4.78 is 31.6. The molecule has 1 N–H and O–H groups in total. The molecule has 1 aliphatic heterocycles. The normalized spacial score (nSPS) is 17.0. The highest BCUT2D eigenvalue weighted by molar-refractivity contribution is 7.87. The maximum absolute atomic E-state index is 12.6. The van der Waals surface area contributed by atoms with Crippen LogP contribution in [0.2, 0.25) is 0 Å². The molecular weight excluding hydrogens is 314 g/mol. The summed E-state index contributed by atoms with van der Waals surface area (Å²) in [6.07, 6.45) is 5.92. The molecule has 0 saturated heterocycles. The Labute approximate surface area is 139 Å². The Hall–Kier alpha value is -0.990. The highest BCUT2D eigenvalue weighted by atomic mass is 32.2. The van der Waals surface area contributed by atoms with Gasteiger partial charge in [0.2, 0.25) is 0 Å². The van der Waals surface area contributed by atoms with Crippen molar-refractivity contribution in [3.05, 3.63) is 11.6 Å². The van der Waals surface area contributed by atoms with Gasteiger partial charge in [0.25, 0.3) is 10.2 Å². The van der Waals surface area contributed by atoms with Gasteiger partial charge in [-0.15, -0.1) is 10.2 Å². The zero-order chi connectivity index (χ0) is 16.9. The van der Waals surface area contributed by atoms with Crippen molar-refractivity contribution in [3.8, 4) is 0 Å². The molecule has 132 valence electrons. The number of fused-ring (bicyclic) bond motifs is 1.